The highest BCUT2D eigenvalue weighted by Crippen LogP contribution is 2.33. The zero-order chi connectivity index (χ0) is 26.9. The molecule has 0 spiro atoms. The highest BCUT2D eigenvalue weighted by atomic mass is 32.2. The van der Waals surface area contributed by atoms with Gasteiger partial charge < -0.3 is 9.80 Å². The van der Waals surface area contributed by atoms with Crippen LogP contribution in [0.25, 0.3) is 27.8 Å². The number of aryl methyl sites for hydroxylation is 1. The van der Waals surface area contributed by atoms with Crippen LogP contribution in [0.3, 0.4) is 0 Å². The number of aromatic nitrogens is 4. The van der Waals surface area contributed by atoms with Crippen molar-refractivity contribution in [3.05, 3.63) is 73.3 Å². The van der Waals surface area contributed by atoms with Crippen LogP contribution in [0.1, 0.15) is 5.56 Å². The molecule has 4 aromatic rings. The van der Waals surface area contributed by atoms with E-state index in [9.17, 15) is 18.5 Å². The first kappa shape index (κ1) is 25.2. The lowest BCUT2D eigenvalue weighted by Gasteiger charge is -2.35. The van der Waals surface area contributed by atoms with Crippen LogP contribution >= 0.6 is 0 Å². The third-order valence-electron chi connectivity index (χ3n) is 6.70. The average Bonchev–Trinajstić information content (AvgIpc) is 3.58. The van der Waals surface area contributed by atoms with Crippen LogP contribution in [0.2, 0.25) is 0 Å². The molecular weight excluding hydrogens is 502 g/mol. The van der Waals surface area contributed by atoms with Gasteiger partial charge in [-0.2, -0.15) is 15.5 Å². The van der Waals surface area contributed by atoms with Gasteiger partial charge in [0.05, 0.1) is 35.8 Å². The second kappa shape index (κ2) is 10.1. The molecule has 5 rings (SSSR count). The van der Waals surface area contributed by atoms with Gasteiger partial charge in [-0.1, -0.05) is 18.7 Å². The maximum atomic E-state index is 11.9. The average molecular weight is 530 g/mol. The van der Waals surface area contributed by atoms with Crippen LogP contribution in [0.4, 0.5) is 5.69 Å². The van der Waals surface area contributed by atoms with Crippen LogP contribution in [0.5, 0.6) is 0 Å². The lowest BCUT2D eigenvalue weighted by Crippen LogP contribution is -2.48. The van der Waals surface area contributed by atoms with Gasteiger partial charge in [0.1, 0.15) is 15.9 Å². The summed E-state index contributed by atoms with van der Waals surface area (Å²) in [7, 11) is -3.10. The molecule has 10 nitrogen and oxygen atoms in total. The SMILES string of the molecule is C=CC(=O)N1CCN(c2ccc(-c3cc(-c4cnn(CCS(C)(=O)=O)c4)cn4ncc(C#N)c34)cc2)CC1. The molecule has 0 radical (unpaired) electrons. The summed E-state index contributed by atoms with van der Waals surface area (Å²) in [6.07, 6.45) is 9.46. The molecule has 1 aliphatic rings. The molecule has 1 fully saturated rings. The van der Waals surface area contributed by atoms with Gasteiger partial charge in [-0.25, -0.2) is 12.9 Å². The van der Waals surface area contributed by atoms with Gasteiger partial charge in [0.2, 0.25) is 5.91 Å². The Kier molecular flexibility index (Phi) is 6.73. The first-order valence-corrected chi connectivity index (χ1v) is 14.2. The van der Waals surface area contributed by atoms with E-state index in [2.05, 4.69) is 39.9 Å². The third-order valence-corrected chi connectivity index (χ3v) is 7.62. The summed E-state index contributed by atoms with van der Waals surface area (Å²) in [5.74, 6) is -0.0337. The topological polar surface area (TPSA) is 117 Å². The largest absolute Gasteiger partial charge is 0.368 e. The van der Waals surface area contributed by atoms with Gasteiger partial charge in [0, 0.05) is 67.2 Å². The molecule has 1 aliphatic heterocycles. The molecule has 1 amide bonds. The number of amides is 1. The molecule has 0 atom stereocenters. The Morgan fingerprint density at radius 2 is 1.79 bits per heavy atom. The Labute approximate surface area is 220 Å². The number of rotatable bonds is 7. The molecule has 0 saturated carbocycles. The minimum absolute atomic E-state index is 0.00898. The number of pyridine rings is 1. The van der Waals surface area contributed by atoms with Gasteiger partial charge >= 0.3 is 0 Å². The Hall–Kier alpha value is -4.43. The minimum Gasteiger partial charge on any atom is -0.368 e. The van der Waals surface area contributed by atoms with Gasteiger partial charge in [-0.05, 0) is 29.8 Å². The number of benzene rings is 1. The van der Waals surface area contributed by atoms with Crippen molar-refractivity contribution in [2.75, 3.05) is 43.1 Å². The maximum Gasteiger partial charge on any atom is 0.246 e. The predicted octanol–water partition coefficient (Wildman–Crippen LogP) is 2.62. The Balaban J connectivity index is 1.45. The zero-order valence-corrected chi connectivity index (χ0v) is 21.8. The number of carbonyl (C=O) groups excluding carboxylic acids is 1. The van der Waals surface area contributed by atoms with Crippen LogP contribution in [0.15, 0.2) is 67.8 Å². The first-order chi connectivity index (χ1) is 18.3. The number of piperazine rings is 1. The fourth-order valence-electron chi connectivity index (χ4n) is 4.64. The Bertz CT molecular complexity index is 1650. The highest BCUT2D eigenvalue weighted by Gasteiger charge is 2.20. The summed E-state index contributed by atoms with van der Waals surface area (Å²) in [6.45, 7) is 6.61. The van der Waals surface area contributed by atoms with E-state index in [-0.39, 0.29) is 18.2 Å². The van der Waals surface area contributed by atoms with Crippen molar-refractivity contribution in [2.24, 2.45) is 0 Å². The molecule has 1 aromatic carbocycles. The number of fused-ring (bicyclic) bond motifs is 1. The first-order valence-electron chi connectivity index (χ1n) is 12.1. The number of carbonyl (C=O) groups is 1. The van der Waals surface area contributed by atoms with E-state index in [0.717, 1.165) is 41.0 Å². The molecule has 38 heavy (non-hydrogen) atoms. The van der Waals surface area contributed by atoms with E-state index >= 15 is 0 Å². The number of hydrogen-bond acceptors (Lipinski definition) is 7. The number of nitriles is 1. The summed E-state index contributed by atoms with van der Waals surface area (Å²) >= 11 is 0. The summed E-state index contributed by atoms with van der Waals surface area (Å²) in [5.41, 5.74) is 5.70. The number of anilines is 1. The van der Waals surface area contributed by atoms with Crippen molar-refractivity contribution in [3.8, 4) is 28.3 Å². The van der Waals surface area contributed by atoms with Crippen LogP contribution in [-0.2, 0) is 21.2 Å². The second-order valence-electron chi connectivity index (χ2n) is 9.29. The second-order valence-corrected chi connectivity index (χ2v) is 11.6. The lowest BCUT2D eigenvalue weighted by atomic mass is 9.99. The summed E-state index contributed by atoms with van der Waals surface area (Å²) < 4.78 is 26.4. The molecule has 3 aromatic heterocycles. The van der Waals surface area contributed by atoms with E-state index in [1.165, 1.54) is 12.3 Å². The minimum atomic E-state index is -3.10. The summed E-state index contributed by atoms with van der Waals surface area (Å²) in [5, 5.41) is 18.4. The van der Waals surface area contributed by atoms with E-state index in [0.29, 0.717) is 24.2 Å². The van der Waals surface area contributed by atoms with Crippen molar-refractivity contribution in [3.63, 3.8) is 0 Å². The fourth-order valence-corrected chi connectivity index (χ4v) is 5.16. The maximum absolute atomic E-state index is 11.9. The van der Waals surface area contributed by atoms with Crippen LogP contribution in [0, 0.1) is 11.3 Å². The van der Waals surface area contributed by atoms with Crippen molar-refractivity contribution in [1.82, 2.24) is 24.3 Å². The summed E-state index contributed by atoms with van der Waals surface area (Å²) in [4.78, 5) is 15.9. The molecule has 0 aliphatic carbocycles. The highest BCUT2D eigenvalue weighted by molar-refractivity contribution is 7.90. The molecule has 11 heteroatoms. The van der Waals surface area contributed by atoms with Gasteiger partial charge in [0.25, 0.3) is 0 Å². The van der Waals surface area contributed by atoms with E-state index in [1.807, 2.05) is 30.6 Å². The molecular formula is C27H27N7O3S. The molecule has 0 bridgehead atoms. The predicted molar refractivity (Wildman–Crippen MR) is 145 cm³/mol. The third kappa shape index (κ3) is 5.17. The van der Waals surface area contributed by atoms with Gasteiger partial charge in [-0.3, -0.25) is 9.48 Å². The smallest absolute Gasteiger partial charge is 0.246 e. The van der Waals surface area contributed by atoms with Crippen molar-refractivity contribution < 1.29 is 13.2 Å². The molecule has 194 valence electrons. The van der Waals surface area contributed by atoms with E-state index in [1.54, 1.807) is 26.5 Å². The zero-order valence-electron chi connectivity index (χ0n) is 21.0. The molecule has 1 saturated heterocycles. The molecule has 0 unspecified atom stereocenters. The van der Waals surface area contributed by atoms with E-state index < -0.39 is 9.84 Å². The normalized spacial score (nSPS) is 14.0. The quantitative estimate of drug-likeness (QED) is 0.338. The van der Waals surface area contributed by atoms with E-state index in [4.69, 9.17) is 0 Å². The standard InChI is InChI=1S/C27H27N7O3S/c1-3-26(35)32-10-8-31(9-11-32)24-6-4-20(5-7-24)25-14-21(19-34-27(25)22(15-28)16-30-34)23-17-29-33(18-23)12-13-38(2,36)37/h3-7,14,16-19H,1,8-13H2,2H3. The lowest BCUT2D eigenvalue weighted by molar-refractivity contribution is -0.126. The van der Waals surface area contributed by atoms with Crippen molar-refractivity contribution in [1.29, 1.82) is 5.26 Å². The molecule has 4 heterocycles. The summed E-state index contributed by atoms with van der Waals surface area (Å²) in [6, 6.07) is 12.4. The number of hydrogen-bond donors (Lipinski definition) is 0. The Morgan fingerprint density at radius 1 is 1.05 bits per heavy atom. The fraction of sp³-hybridized carbons (Fsp3) is 0.259. The number of nitrogens with zero attached hydrogens (tertiary/aromatic N) is 7. The van der Waals surface area contributed by atoms with Crippen molar-refractivity contribution >= 4 is 26.9 Å². The van der Waals surface area contributed by atoms with Crippen LogP contribution in [-0.4, -0.2) is 76.8 Å². The van der Waals surface area contributed by atoms with Crippen molar-refractivity contribution in [2.45, 2.75) is 6.54 Å². The van der Waals surface area contributed by atoms with Gasteiger partial charge in [-0.15, -0.1) is 0 Å². The van der Waals surface area contributed by atoms with Gasteiger partial charge in [0.15, 0.2) is 0 Å². The monoisotopic (exact) mass is 529 g/mol. The van der Waals surface area contributed by atoms with Crippen LogP contribution < -0.4 is 4.90 Å². The molecule has 0 N–H and O–H groups in total. The number of sulfone groups is 1. The Morgan fingerprint density at radius 3 is 2.45 bits per heavy atom.